The van der Waals surface area contributed by atoms with Crippen molar-refractivity contribution in [2.75, 3.05) is 20.8 Å². The molecule has 0 bridgehead atoms. The second-order valence-electron chi connectivity index (χ2n) is 4.75. The van der Waals surface area contributed by atoms with E-state index in [0.717, 1.165) is 17.7 Å². The van der Waals surface area contributed by atoms with Crippen molar-refractivity contribution >= 4 is 10.0 Å². The molecule has 2 aromatic rings. The summed E-state index contributed by atoms with van der Waals surface area (Å²) in [6.45, 7) is 0.155. The van der Waals surface area contributed by atoms with Crippen LogP contribution < -0.4 is 14.2 Å². The molecule has 0 aliphatic carbocycles. The van der Waals surface area contributed by atoms with Gasteiger partial charge in [-0.3, -0.25) is 0 Å². The van der Waals surface area contributed by atoms with E-state index in [-0.39, 0.29) is 17.2 Å². The maximum absolute atomic E-state index is 13.3. The largest absolute Gasteiger partial charge is 0.496 e. The summed E-state index contributed by atoms with van der Waals surface area (Å²) < 4.78 is 50.6. The third kappa shape index (κ3) is 4.20. The lowest BCUT2D eigenvalue weighted by molar-refractivity contribution is 0.400. The minimum absolute atomic E-state index is 0.0937. The summed E-state index contributed by atoms with van der Waals surface area (Å²) in [5, 5.41) is 0. The highest BCUT2D eigenvalue weighted by atomic mass is 32.2. The third-order valence-electron chi connectivity index (χ3n) is 3.29. The molecule has 124 valence electrons. The molecule has 5 nitrogen and oxygen atoms in total. The van der Waals surface area contributed by atoms with Crippen molar-refractivity contribution in [3.63, 3.8) is 0 Å². The monoisotopic (exact) mass is 339 g/mol. The topological polar surface area (TPSA) is 64.6 Å². The number of rotatable bonds is 7. The average Bonchev–Trinajstić information content (AvgIpc) is 2.55. The molecule has 0 aromatic heterocycles. The Morgan fingerprint density at radius 3 is 2.43 bits per heavy atom. The summed E-state index contributed by atoms with van der Waals surface area (Å²) in [7, 11) is -0.980. The van der Waals surface area contributed by atoms with Crippen LogP contribution in [-0.2, 0) is 16.4 Å². The number of sulfonamides is 1. The van der Waals surface area contributed by atoms with E-state index in [1.165, 1.54) is 13.2 Å². The zero-order chi connectivity index (χ0) is 16.9. The molecule has 0 heterocycles. The highest BCUT2D eigenvalue weighted by Crippen LogP contribution is 2.24. The van der Waals surface area contributed by atoms with Crippen LogP contribution >= 0.6 is 0 Å². The lowest BCUT2D eigenvalue weighted by Crippen LogP contribution is -2.26. The molecular formula is C16H18FNO4S. The van der Waals surface area contributed by atoms with Crippen LogP contribution in [-0.4, -0.2) is 29.2 Å². The first-order valence-electron chi connectivity index (χ1n) is 6.93. The maximum Gasteiger partial charge on any atom is 0.244 e. The van der Waals surface area contributed by atoms with Gasteiger partial charge in [0.05, 0.1) is 14.2 Å². The number of methoxy groups -OCH3 is 2. The van der Waals surface area contributed by atoms with Gasteiger partial charge in [0, 0.05) is 6.54 Å². The smallest absolute Gasteiger partial charge is 0.244 e. The van der Waals surface area contributed by atoms with E-state index in [0.29, 0.717) is 12.2 Å². The predicted octanol–water partition coefficient (Wildman–Crippen LogP) is 2.36. The fourth-order valence-electron chi connectivity index (χ4n) is 2.17. The van der Waals surface area contributed by atoms with Crippen LogP contribution in [0.3, 0.4) is 0 Å². The van der Waals surface area contributed by atoms with Crippen LogP contribution in [0.15, 0.2) is 47.4 Å². The predicted molar refractivity (Wildman–Crippen MR) is 84.8 cm³/mol. The van der Waals surface area contributed by atoms with E-state index in [1.807, 2.05) is 18.2 Å². The van der Waals surface area contributed by atoms with Gasteiger partial charge in [0.1, 0.15) is 22.2 Å². The molecule has 0 aliphatic rings. The van der Waals surface area contributed by atoms with Gasteiger partial charge in [0.25, 0.3) is 0 Å². The molecule has 1 N–H and O–H groups in total. The lowest BCUT2D eigenvalue weighted by Gasteiger charge is -2.12. The van der Waals surface area contributed by atoms with Crippen molar-refractivity contribution in [2.24, 2.45) is 0 Å². The molecular weight excluding hydrogens is 321 g/mol. The van der Waals surface area contributed by atoms with Crippen LogP contribution in [0.5, 0.6) is 11.5 Å². The van der Waals surface area contributed by atoms with E-state index in [9.17, 15) is 12.8 Å². The number of para-hydroxylation sites is 1. The number of benzene rings is 2. The fraction of sp³-hybridized carbons (Fsp3) is 0.250. The Balaban J connectivity index is 2.12. The van der Waals surface area contributed by atoms with Crippen LogP contribution in [0.4, 0.5) is 4.39 Å². The highest BCUT2D eigenvalue weighted by molar-refractivity contribution is 7.89. The molecule has 0 spiro atoms. The van der Waals surface area contributed by atoms with Gasteiger partial charge in [-0.15, -0.1) is 0 Å². The number of halogens is 1. The Labute approximate surface area is 135 Å². The lowest BCUT2D eigenvalue weighted by atomic mass is 10.1. The Bertz CT molecular complexity index is 777. The van der Waals surface area contributed by atoms with Gasteiger partial charge in [-0.05, 0) is 36.2 Å². The van der Waals surface area contributed by atoms with Gasteiger partial charge >= 0.3 is 0 Å². The second-order valence-corrected chi connectivity index (χ2v) is 6.49. The summed E-state index contributed by atoms with van der Waals surface area (Å²) in [6, 6.07) is 10.7. The summed E-state index contributed by atoms with van der Waals surface area (Å²) in [5.74, 6) is 0.141. The molecule has 0 unspecified atom stereocenters. The van der Waals surface area contributed by atoms with Gasteiger partial charge < -0.3 is 9.47 Å². The first-order chi connectivity index (χ1) is 11.0. The van der Waals surface area contributed by atoms with Gasteiger partial charge in [-0.2, -0.15) is 0 Å². The summed E-state index contributed by atoms with van der Waals surface area (Å²) >= 11 is 0. The van der Waals surface area contributed by atoms with Gasteiger partial charge in [0.15, 0.2) is 0 Å². The Morgan fingerprint density at radius 2 is 1.74 bits per heavy atom. The summed E-state index contributed by atoms with van der Waals surface area (Å²) in [4.78, 5) is -0.222. The standard InChI is InChI=1S/C16H18FNO4S/c1-21-14-6-4-3-5-12(14)9-10-18-23(19,20)16-11-13(17)7-8-15(16)22-2/h3-8,11,18H,9-10H2,1-2H3. The van der Waals surface area contributed by atoms with E-state index in [2.05, 4.69) is 4.72 Å². The first-order valence-corrected chi connectivity index (χ1v) is 8.41. The number of hydrogen-bond acceptors (Lipinski definition) is 4. The van der Waals surface area contributed by atoms with Gasteiger partial charge in [-0.1, -0.05) is 18.2 Å². The molecule has 7 heteroatoms. The number of nitrogens with one attached hydrogen (secondary N) is 1. The molecule has 0 aliphatic heterocycles. The Kier molecular flexibility index (Phi) is 5.57. The quantitative estimate of drug-likeness (QED) is 0.841. The van der Waals surface area contributed by atoms with Gasteiger partial charge in [-0.25, -0.2) is 17.5 Å². The Morgan fingerprint density at radius 1 is 1.04 bits per heavy atom. The second kappa shape index (κ2) is 7.43. The molecule has 0 atom stereocenters. The van der Waals surface area contributed by atoms with E-state index < -0.39 is 15.8 Å². The van der Waals surface area contributed by atoms with E-state index >= 15 is 0 Å². The van der Waals surface area contributed by atoms with E-state index in [4.69, 9.17) is 9.47 Å². The van der Waals surface area contributed by atoms with Crippen LogP contribution in [0.1, 0.15) is 5.56 Å². The van der Waals surface area contributed by atoms with Crippen LogP contribution in [0.2, 0.25) is 0 Å². The van der Waals surface area contributed by atoms with Gasteiger partial charge in [0.2, 0.25) is 10.0 Å². The molecule has 0 fully saturated rings. The third-order valence-corrected chi connectivity index (χ3v) is 4.78. The molecule has 2 aromatic carbocycles. The van der Waals surface area contributed by atoms with Crippen molar-refractivity contribution in [1.29, 1.82) is 0 Å². The normalized spacial score (nSPS) is 11.3. The SMILES string of the molecule is COc1ccccc1CCNS(=O)(=O)c1cc(F)ccc1OC. The minimum atomic E-state index is -3.87. The average molecular weight is 339 g/mol. The van der Waals surface area contributed by atoms with Crippen LogP contribution in [0, 0.1) is 5.82 Å². The minimum Gasteiger partial charge on any atom is -0.496 e. The van der Waals surface area contributed by atoms with Crippen molar-refractivity contribution in [2.45, 2.75) is 11.3 Å². The highest BCUT2D eigenvalue weighted by Gasteiger charge is 2.20. The molecule has 0 saturated carbocycles. The zero-order valence-corrected chi connectivity index (χ0v) is 13.7. The molecule has 23 heavy (non-hydrogen) atoms. The van der Waals surface area contributed by atoms with Crippen molar-refractivity contribution < 1.29 is 22.3 Å². The van der Waals surface area contributed by atoms with Crippen LogP contribution in [0.25, 0.3) is 0 Å². The molecule has 2 rings (SSSR count). The van der Waals surface area contributed by atoms with E-state index in [1.54, 1.807) is 13.2 Å². The molecule has 0 radical (unpaired) electrons. The summed E-state index contributed by atoms with van der Waals surface area (Å²) in [5.41, 5.74) is 0.879. The van der Waals surface area contributed by atoms with Crippen molar-refractivity contribution in [3.8, 4) is 11.5 Å². The summed E-state index contributed by atoms with van der Waals surface area (Å²) in [6.07, 6.45) is 0.445. The first kappa shape index (κ1) is 17.2. The molecule has 0 amide bonds. The number of hydrogen-bond donors (Lipinski definition) is 1. The maximum atomic E-state index is 13.3. The number of ether oxygens (including phenoxy) is 2. The molecule has 0 saturated heterocycles. The Hall–Kier alpha value is -2.12. The zero-order valence-electron chi connectivity index (χ0n) is 12.9. The fourth-order valence-corrected chi connectivity index (χ4v) is 3.38. The van der Waals surface area contributed by atoms with Crippen molar-refractivity contribution in [3.05, 3.63) is 53.8 Å². The van der Waals surface area contributed by atoms with Crippen molar-refractivity contribution in [1.82, 2.24) is 4.72 Å².